The molecule has 0 atom stereocenters. The highest BCUT2D eigenvalue weighted by molar-refractivity contribution is 7.92. The molecule has 0 radical (unpaired) electrons. The Bertz CT molecular complexity index is 1790. The van der Waals surface area contributed by atoms with Gasteiger partial charge in [0.25, 0.3) is 15.9 Å². The van der Waals surface area contributed by atoms with Crippen molar-refractivity contribution in [3.8, 4) is 11.1 Å². The zero-order chi connectivity index (χ0) is 29.9. The molecule has 0 spiro atoms. The molecule has 2 N–H and O–H groups in total. The summed E-state index contributed by atoms with van der Waals surface area (Å²) in [6.45, 7) is 3.65. The molecule has 0 aromatic heterocycles. The minimum absolute atomic E-state index is 0.110. The molecule has 1 aliphatic rings. The van der Waals surface area contributed by atoms with Crippen molar-refractivity contribution in [3.05, 3.63) is 113 Å². The fourth-order valence-corrected chi connectivity index (χ4v) is 7.14. The summed E-state index contributed by atoms with van der Waals surface area (Å²) < 4.78 is 51.5. The Morgan fingerprint density at radius 3 is 2.12 bits per heavy atom. The molecule has 11 heteroatoms. The van der Waals surface area contributed by atoms with E-state index >= 15 is 0 Å². The van der Waals surface area contributed by atoms with Crippen molar-refractivity contribution in [2.24, 2.45) is 0 Å². The Morgan fingerprint density at radius 2 is 1.48 bits per heavy atom. The van der Waals surface area contributed by atoms with Crippen molar-refractivity contribution >= 4 is 48.7 Å². The van der Waals surface area contributed by atoms with Crippen LogP contribution in [0, 0.1) is 6.92 Å². The van der Waals surface area contributed by atoms with Gasteiger partial charge in [-0.2, -0.15) is 0 Å². The highest BCUT2D eigenvalue weighted by atomic mass is 35.5. The summed E-state index contributed by atoms with van der Waals surface area (Å²) in [7, 11) is -6.70. The second kappa shape index (κ2) is 12.3. The van der Waals surface area contributed by atoms with Crippen LogP contribution in [0.5, 0.6) is 0 Å². The minimum atomic E-state index is -3.79. The van der Waals surface area contributed by atoms with Gasteiger partial charge in [0.1, 0.15) is 0 Å². The number of nitrogens with one attached hydrogen (secondary N) is 2. The number of anilines is 2. The number of halogens is 1. The van der Waals surface area contributed by atoms with Gasteiger partial charge in [0.05, 0.1) is 16.4 Å². The molecule has 0 unspecified atom stereocenters. The van der Waals surface area contributed by atoms with E-state index < -0.39 is 19.9 Å². The average molecular weight is 624 g/mol. The van der Waals surface area contributed by atoms with E-state index in [0.717, 1.165) is 22.3 Å². The van der Waals surface area contributed by atoms with Crippen molar-refractivity contribution in [2.75, 3.05) is 34.6 Å². The second-order valence-electron chi connectivity index (χ2n) is 10.2. The van der Waals surface area contributed by atoms with Gasteiger partial charge in [-0.15, -0.1) is 0 Å². The van der Waals surface area contributed by atoms with E-state index in [2.05, 4.69) is 14.9 Å². The van der Waals surface area contributed by atoms with Gasteiger partial charge in [-0.1, -0.05) is 41.9 Å². The number of carbonyl (C=O) groups excluding carboxylic acids is 1. The molecule has 0 bridgehead atoms. The van der Waals surface area contributed by atoms with E-state index in [1.807, 2.05) is 49.4 Å². The zero-order valence-electron chi connectivity index (χ0n) is 22.9. The lowest BCUT2D eigenvalue weighted by Gasteiger charge is -2.26. The van der Waals surface area contributed by atoms with E-state index in [4.69, 9.17) is 11.6 Å². The smallest absolute Gasteiger partial charge is 0.261 e. The Morgan fingerprint density at radius 1 is 0.857 bits per heavy atom. The summed E-state index contributed by atoms with van der Waals surface area (Å²) in [5.41, 5.74) is 5.23. The van der Waals surface area contributed by atoms with Gasteiger partial charge >= 0.3 is 0 Å². The topological polar surface area (TPSA) is 113 Å². The number of sulfonamides is 1. The third-order valence-electron chi connectivity index (χ3n) is 7.13. The van der Waals surface area contributed by atoms with Gasteiger partial charge in [0.15, 0.2) is 9.84 Å². The van der Waals surface area contributed by atoms with Crippen LogP contribution in [0.2, 0.25) is 5.02 Å². The predicted octanol–water partition coefficient (Wildman–Crippen LogP) is 5.60. The van der Waals surface area contributed by atoms with Crippen molar-refractivity contribution in [2.45, 2.75) is 18.4 Å². The fraction of sp³-hybridized carbons (Fsp3) is 0.194. The summed E-state index contributed by atoms with van der Waals surface area (Å²) in [5, 5.41) is 3.36. The van der Waals surface area contributed by atoms with Crippen molar-refractivity contribution in [3.63, 3.8) is 0 Å². The van der Waals surface area contributed by atoms with Crippen LogP contribution >= 0.6 is 11.6 Å². The van der Waals surface area contributed by atoms with Crippen LogP contribution in [0.3, 0.4) is 0 Å². The van der Waals surface area contributed by atoms with Crippen LogP contribution in [0.15, 0.2) is 95.9 Å². The highest BCUT2D eigenvalue weighted by Crippen LogP contribution is 2.29. The van der Waals surface area contributed by atoms with Gasteiger partial charge in [-0.3, -0.25) is 14.4 Å². The zero-order valence-corrected chi connectivity index (χ0v) is 25.3. The summed E-state index contributed by atoms with van der Waals surface area (Å²) >= 11 is 5.89. The third kappa shape index (κ3) is 7.38. The summed E-state index contributed by atoms with van der Waals surface area (Å²) in [6, 6.07) is 25.9. The first-order chi connectivity index (χ1) is 20.0. The molecule has 4 aromatic rings. The molecule has 0 saturated carbocycles. The Kier molecular flexibility index (Phi) is 8.70. The van der Waals surface area contributed by atoms with Gasteiger partial charge in [0, 0.05) is 41.6 Å². The van der Waals surface area contributed by atoms with Crippen molar-refractivity contribution in [1.82, 2.24) is 4.90 Å². The summed E-state index contributed by atoms with van der Waals surface area (Å²) in [4.78, 5) is 15.1. The van der Waals surface area contributed by atoms with Crippen LogP contribution in [0.1, 0.15) is 21.5 Å². The molecule has 1 fully saturated rings. The molecule has 4 aromatic carbocycles. The maximum absolute atomic E-state index is 12.9. The molecule has 5 rings (SSSR count). The Hall–Kier alpha value is -3.70. The van der Waals surface area contributed by atoms with Gasteiger partial charge in [-0.05, 0) is 89.8 Å². The quantitative estimate of drug-likeness (QED) is 0.264. The molecular formula is C31H30ClN3O5S2. The molecule has 1 amide bonds. The van der Waals surface area contributed by atoms with Crippen molar-refractivity contribution < 1.29 is 21.6 Å². The average Bonchev–Trinajstić information content (AvgIpc) is 2.96. The standard InChI is InChI=1S/C31H30ClN3O5S2/c1-22-2-11-28(34-42(39,40)29-14-9-26(32)10-15-29)20-30(22)24-5-7-25(8-6-24)31(36)33-27-12-3-23(4-13-27)21-35-16-18-41(37,38)19-17-35/h2-15,20,34H,16-19,21H2,1H3,(H,33,36). The predicted molar refractivity (Wildman–Crippen MR) is 167 cm³/mol. The number of carbonyl (C=O) groups is 1. The molecular weight excluding hydrogens is 594 g/mol. The second-order valence-corrected chi connectivity index (χ2v) is 14.7. The minimum Gasteiger partial charge on any atom is -0.322 e. The summed E-state index contributed by atoms with van der Waals surface area (Å²) in [5.74, 6) is 0.124. The van der Waals surface area contributed by atoms with Gasteiger partial charge in [-0.25, -0.2) is 16.8 Å². The number of amides is 1. The number of hydrogen-bond acceptors (Lipinski definition) is 6. The number of sulfone groups is 1. The number of nitrogens with zero attached hydrogens (tertiary/aromatic N) is 1. The summed E-state index contributed by atoms with van der Waals surface area (Å²) in [6.07, 6.45) is 0. The largest absolute Gasteiger partial charge is 0.322 e. The lowest BCUT2D eigenvalue weighted by molar-refractivity contribution is 0.102. The molecule has 1 saturated heterocycles. The van der Waals surface area contributed by atoms with Crippen LogP contribution in [-0.2, 0) is 26.4 Å². The van der Waals surface area contributed by atoms with Gasteiger partial charge in [0.2, 0.25) is 0 Å². The maximum Gasteiger partial charge on any atom is 0.261 e. The Labute approximate surface area is 251 Å². The van der Waals surface area contributed by atoms with E-state index in [9.17, 15) is 21.6 Å². The molecule has 0 aliphatic carbocycles. The molecule has 218 valence electrons. The Balaban J connectivity index is 1.23. The van der Waals surface area contributed by atoms with Crippen LogP contribution in [0.25, 0.3) is 11.1 Å². The monoisotopic (exact) mass is 623 g/mol. The maximum atomic E-state index is 12.9. The number of aryl methyl sites for hydroxylation is 1. The van der Waals surface area contributed by atoms with Crippen LogP contribution in [-0.4, -0.2) is 52.2 Å². The molecule has 42 heavy (non-hydrogen) atoms. The van der Waals surface area contributed by atoms with E-state index in [1.165, 1.54) is 24.3 Å². The van der Waals surface area contributed by atoms with Crippen LogP contribution in [0.4, 0.5) is 11.4 Å². The first kappa shape index (κ1) is 29.8. The van der Waals surface area contributed by atoms with Crippen LogP contribution < -0.4 is 10.0 Å². The number of hydrogen-bond donors (Lipinski definition) is 2. The van der Waals surface area contributed by atoms with E-state index in [1.54, 1.807) is 24.3 Å². The first-order valence-electron chi connectivity index (χ1n) is 13.3. The molecule has 1 heterocycles. The SMILES string of the molecule is Cc1ccc(NS(=O)(=O)c2ccc(Cl)cc2)cc1-c1ccc(C(=O)Nc2ccc(CN3CCS(=O)(=O)CC3)cc2)cc1. The lowest BCUT2D eigenvalue weighted by atomic mass is 9.99. The lowest BCUT2D eigenvalue weighted by Crippen LogP contribution is -2.39. The third-order valence-corrected chi connectivity index (χ3v) is 10.4. The molecule has 1 aliphatic heterocycles. The number of benzene rings is 4. The fourth-order valence-electron chi connectivity index (χ4n) is 4.69. The number of rotatable bonds is 8. The highest BCUT2D eigenvalue weighted by Gasteiger charge is 2.21. The normalized spacial score (nSPS) is 15.2. The van der Waals surface area contributed by atoms with E-state index in [-0.39, 0.29) is 22.3 Å². The van der Waals surface area contributed by atoms with Crippen molar-refractivity contribution in [1.29, 1.82) is 0 Å². The van der Waals surface area contributed by atoms with E-state index in [0.29, 0.717) is 41.6 Å². The first-order valence-corrected chi connectivity index (χ1v) is 17.0. The van der Waals surface area contributed by atoms with Gasteiger partial charge < -0.3 is 5.32 Å². The molecule has 8 nitrogen and oxygen atoms in total.